The van der Waals surface area contributed by atoms with E-state index < -0.39 is 4.75 Å². The smallest absolute Gasteiger partial charge is 0.322 e. The normalized spacial score (nSPS) is 11.2. The number of hydrogen-bond acceptors (Lipinski definition) is 2. The number of carbonyl (C=O) groups is 1. The van der Waals surface area contributed by atoms with E-state index in [0.717, 1.165) is 6.42 Å². The highest BCUT2D eigenvalue weighted by atomic mass is 32.1. The van der Waals surface area contributed by atoms with Gasteiger partial charge in [-0.15, -0.1) is 0 Å². The second-order valence-electron chi connectivity index (χ2n) is 2.65. The Balaban J connectivity index is 3.64. The van der Waals surface area contributed by atoms with Crippen LogP contribution in [-0.4, -0.2) is 17.3 Å². The van der Waals surface area contributed by atoms with Crippen molar-refractivity contribution in [1.82, 2.24) is 0 Å². The van der Waals surface area contributed by atoms with Crippen molar-refractivity contribution in [3.05, 3.63) is 0 Å². The van der Waals surface area contributed by atoms with Gasteiger partial charge in [0.2, 0.25) is 0 Å². The molecule has 0 N–H and O–H groups in total. The van der Waals surface area contributed by atoms with Crippen molar-refractivity contribution in [2.45, 2.75) is 31.9 Å². The first kappa shape index (κ1) is 9.82. The second-order valence-corrected chi connectivity index (χ2v) is 3.67. The Bertz CT molecular complexity index is 115. The summed E-state index contributed by atoms with van der Waals surface area (Å²) in [5, 5.41) is 0. The van der Waals surface area contributed by atoms with Crippen LogP contribution in [0.5, 0.6) is 0 Å². The molecule has 0 aliphatic rings. The maximum Gasteiger partial charge on any atom is 0.322 e. The van der Waals surface area contributed by atoms with E-state index >= 15 is 0 Å². The van der Waals surface area contributed by atoms with Crippen LogP contribution in [0, 0.1) is 0 Å². The molecule has 0 atom stereocenters. The van der Waals surface area contributed by atoms with Gasteiger partial charge in [-0.25, -0.2) is 0 Å². The molecule has 0 aromatic carbocycles. The van der Waals surface area contributed by atoms with E-state index in [-0.39, 0.29) is 5.97 Å². The third kappa shape index (κ3) is 3.77. The first-order valence-electron chi connectivity index (χ1n) is 3.36. The minimum atomic E-state index is -0.769. The van der Waals surface area contributed by atoms with E-state index in [1.807, 2.05) is 6.92 Å². The van der Waals surface area contributed by atoms with Gasteiger partial charge in [-0.05, 0) is 20.3 Å². The molecule has 0 heterocycles. The van der Waals surface area contributed by atoms with Gasteiger partial charge in [0.1, 0.15) is 4.75 Å². The molecule has 1 radical (unpaired) electrons. The molecule has 2 nitrogen and oxygen atoms in total. The van der Waals surface area contributed by atoms with Gasteiger partial charge >= 0.3 is 5.97 Å². The van der Waals surface area contributed by atoms with Crippen LogP contribution in [0.4, 0.5) is 0 Å². The van der Waals surface area contributed by atoms with Crippen molar-refractivity contribution < 1.29 is 9.53 Å². The second kappa shape index (κ2) is 3.86. The van der Waals surface area contributed by atoms with Gasteiger partial charge in [0.05, 0.1) is 6.61 Å². The first-order chi connectivity index (χ1) is 4.48. The fraction of sp³-hybridized carbons (Fsp3) is 0.857. The van der Waals surface area contributed by atoms with Crippen LogP contribution in [-0.2, 0) is 9.53 Å². The summed E-state index contributed by atoms with van der Waals surface area (Å²) in [7, 11) is 0. The van der Waals surface area contributed by atoms with Gasteiger partial charge in [0, 0.05) is 0 Å². The van der Waals surface area contributed by atoms with E-state index in [4.69, 9.17) is 17.4 Å². The fourth-order valence-corrected chi connectivity index (χ4v) is 0.427. The number of esters is 1. The topological polar surface area (TPSA) is 26.3 Å². The summed E-state index contributed by atoms with van der Waals surface area (Å²) in [6.07, 6.45) is 0.844. The molecule has 0 fully saturated rings. The van der Waals surface area contributed by atoms with Crippen LogP contribution < -0.4 is 0 Å². The van der Waals surface area contributed by atoms with Gasteiger partial charge in [0.25, 0.3) is 0 Å². The Morgan fingerprint density at radius 3 is 2.40 bits per heavy atom. The van der Waals surface area contributed by atoms with Crippen LogP contribution in [0.2, 0.25) is 0 Å². The summed E-state index contributed by atoms with van der Waals surface area (Å²) in [6.45, 7) is 5.75. The summed E-state index contributed by atoms with van der Waals surface area (Å²) in [5.74, 6) is -0.302. The monoisotopic (exact) mass is 161 g/mol. The Hall–Kier alpha value is -0.180. The van der Waals surface area contributed by atoms with Gasteiger partial charge < -0.3 is 4.74 Å². The lowest BCUT2D eigenvalue weighted by Gasteiger charge is -2.13. The van der Waals surface area contributed by atoms with Crippen LogP contribution in [0.1, 0.15) is 27.2 Å². The molecule has 59 valence electrons. The molecule has 0 spiro atoms. The maximum absolute atomic E-state index is 10.9. The first-order valence-corrected chi connectivity index (χ1v) is 3.77. The Kier molecular flexibility index (Phi) is 3.79. The van der Waals surface area contributed by atoms with Crippen molar-refractivity contribution in [3.63, 3.8) is 0 Å². The molecule has 0 aliphatic carbocycles. The van der Waals surface area contributed by atoms with Crippen LogP contribution in [0.15, 0.2) is 0 Å². The van der Waals surface area contributed by atoms with Crippen LogP contribution in [0.3, 0.4) is 0 Å². The lowest BCUT2D eigenvalue weighted by molar-refractivity contribution is -0.145. The SMILES string of the molecule is CCCOC(=O)C(C)(C)[S]. The molecule has 0 aromatic rings. The summed E-state index contributed by atoms with van der Waals surface area (Å²) in [5.41, 5.74) is 0. The molecule has 10 heavy (non-hydrogen) atoms. The van der Waals surface area contributed by atoms with Gasteiger partial charge in [-0.3, -0.25) is 4.79 Å². The van der Waals surface area contributed by atoms with Crippen molar-refractivity contribution >= 4 is 18.6 Å². The minimum Gasteiger partial charge on any atom is -0.465 e. The van der Waals surface area contributed by atoms with E-state index in [2.05, 4.69) is 0 Å². The van der Waals surface area contributed by atoms with Crippen LogP contribution in [0.25, 0.3) is 0 Å². The molecule has 0 unspecified atom stereocenters. The van der Waals surface area contributed by atoms with Gasteiger partial charge in [-0.2, -0.15) is 0 Å². The lowest BCUT2D eigenvalue weighted by atomic mass is 10.2. The van der Waals surface area contributed by atoms with Gasteiger partial charge in [0.15, 0.2) is 0 Å². The molecule has 0 aromatic heterocycles. The highest BCUT2D eigenvalue weighted by Crippen LogP contribution is 2.13. The van der Waals surface area contributed by atoms with Crippen molar-refractivity contribution in [2.24, 2.45) is 0 Å². The molecule has 3 heteroatoms. The molecule has 0 rings (SSSR count). The zero-order valence-electron chi connectivity index (χ0n) is 6.64. The van der Waals surface area contributed by atoms with E-state index in [0.29, 0.717) is 6.61 Å². The number of ether oxygens (including phenoxy) is 1. The molecular weight excluding hydrogens is 148 g/mol. The third-order valence-electron chi connectivity index (χ3n) is 0.929. The zero-order valence-corrected chi connectivity index (χ0v) is 7.46. The molecule has 0 saturated heterocycles. The summed E-state index contributed by atoms with van der Waals surface area (Å²) < 4.78 is 4.04. The van der Waals surface area contributed by atoms with E-state index in [1.165, 1.54) is 0 Å². The lowest BCUT2D eigenvalue weighted by Crippen LogP contribution is -2.27. The fourth-order valence-electron chi connectivity index (χ4n) is 0.369. The number of hydrogen-bond donors (Lipinski definition) is 0. The number of rotatable bonds is 3. The Morgan fingerprint density at radius 2 is 2.10 bits per heavy atom. The quantitative estimate of drug-likeness (QED) is 0.591. The average Bonchev–Trinajstić information content (AvgIpc) is 1.80. The van der Waals surface area contributed by atoms with Crippen molar-refractivity contribution in [2.75, 3.05) is 6.61 Å². The van der Waals surface area contributed by atoms with E-state index in [9.17, 15) is 4.79 Å². The Morgan fingerprint density at radius 1 is 1.60 bits per heavy atom. The standard InChI is InChI=1S/C7H13O2S/c1-4-5-9-6(8)7(2,3)10/h4-5H2,1-3H3. The van der Waals surface area contributed by atoms with Crippen molar-refractivity contribution in [3.8, 4) is 0 Å². The third-order valence-corrected chi connectivity index (χ3v) is 1.10. The molecule has 0 bridgehead atoms. The van der Waals surface area contributed by atoms with Gasteiger partial charge in [-0.1, -0.05) is 19.6 Å². The van der Waals surface area contributed by atoms with E-state index in [1.54, 1.807) is 13.8 Å². The summed E-state index contributed by atoms with van der Waals surface area (Å²) in [4.78, 5) is 10.9. The molecule has 0 amide bonds. The highest BCUT2D eigenvalue weighted by molar-refractivity contribution is 7.82. The predicted octanol–water partition coefficient (Wildman–Crippen LogP) is 1.92. The highest BCUT2D eigenvalue weighted by Gasteiger charge is 2.24. The molecule has 0 aliphatic heterocycles. The number of carbonyl (C=O) groups excluding carboxylic acids is 1. The molecule has 0 saturated carbocycles. The molecular formula is C7H13O2S. The zero-order chi connectivity index (χ0) is 8.20. The maximum atomic E-state index is 10.9. The average molecular weight is 161 g/mol. The van der Waals surface area contributed by atoms with Crippen LogP contribution >= 0.6 is 12.6 Å². The minimum absolute atomic E-state index is 0.302. The predicted molar refractivity (Wildman–Crippen MR) is 42.9 cm³/mol. The Labute approximate surface area is 67.4 Å². The largest absolute Gasteiger partial charge is 0.465 e. The van der Waals surface area contributed by atoms with Crippen molar-refractivity contribution in [1.29, 1.82) is 0 Å². The summed E-state index contributed by atoms with van der Waals surface area (Å²) in [6, 6.07) is 0. The summed E-state index contributed by atoms with van der Waals surface area (Å²) >= 11 is 4.85.